The average Bonchev–Trinajstić information content (AvgIpc) is 2.23. The average molecular weight is 336 g/mol. The quantitative estimate of drug-likeness (QED) is 0.623. The van der Waals surface area contributed by atoms with Gasteiger partial charge in [-0.25, -0.2) is 0 Å². The van der Waals surface area contributed by atoms with Gasteiger partial charge < -0.3 is 0 Å². The van der Waals surface area contributed by atoms with Crippen LogP contribution >= 0.6 is 0 Å². The molecule has 0 aliphatic rings. The maximum Gasteiger partial charge on any atom is 0.416 e. The fourth-order valence-electron chi connectivity index (χ4n) is 1.65. The molecule has 0 bridgehead atoms. The van der Waals surface area contributed by atoms with Crippen molar-refractivity contribution in [1.29, 1.82) is 0 Å². The Morgan fingerprint density at radius 1 is 1.05 bits per heavy atom. The highest BCUT2D eigenvalue weighted by molar-refractivity contribution is 7.86. The lowest BCUT2D eigenvalue weighted by molar-refractivity contribution is -0.142. The standard InChI is InChI=1S/C11H10F6O3S/c1-6(20-21(2,18)19)8-5-7(10(12,13)14)3-4-9(8)11(15,16)17/h3-6H,1-2H3/t6-/m0/s1. The highest BCUT2D eigenvalue weighted by atomic mass is 32.2. The fourth-order valence-corrected chi connectivity index (χ4v) is 2.28. The van der Waals surface area contributed by atoms with Gasteiger partial charge in [-0.05, 0) is 30.7 Å². The van der Waals surface area contributed by atoms with Crippen molar-refractivity contribution in [2.75, 3.05) is 6.26 Å². The Balaban J connectivity index is 3.43. The second kappa shape index (κ2) is 5.48. The lowest BCUT2D eigenvalue weighted by Crippen LogP contribution is -2.16. The normalized spacial score (nSPS) is 15.0. The number of benzene rings is 1. The third-order valence-electron chi connectivity index (χ3n) is 2.44. The van der Waals surface area contributed by atoms with Crippen molar-refractivity contribution in [3.63, 3.8) is 0 Å². The van der Waals surface area contributed by atoms with Gasteiger partial charge in [0.1, 0.15) is 0 Å². The van der Waals surface area contributed by atoms with E-state index in [1.165, 1.54) is 0 Å². The smallest absolute Gasteiger partial charge is 0.262 e. The van der Waals surface area contributed by atoms with Crippen LogP contribution in [0.2, 0.25) is 0 Å². The third-order valence-corrected chi connectivity index (χ3v) is 3.08. The zero-order chi connectivity index (χ0) is 16.6. The van der Waals surface area contributed by atoms with Crippen molar-refractivity contribution in [3.05, 3.63) is 34.9 Å². The molecule has 0 saturated carbocycles. The van der Waals surface area contributed by atoms with Gasteiger partial charge in [-0.15, -0.1) is 0 Å². The Morgan fingerprint density at radius 3 is 1.95 bits per heavy atom. The zero-order valence-corrected chi connectivity index (χ0v) is 11.5. The summed E-state index contributed by atoms with van der Waals surface area (Å²) in [4.78, 5) is 0. The molecule has 0 fully saturated rings. The Hall–Kier alpha value is -1.29. The molecule has 1 atom stereocenters. The second-order valence-electron chi connectivity index (χ2n) is 4.24. The Kier molecular flexibility index (Phi) is 4.64. The first-order valence-corrected chi connectivity index (χ1v) is 7.20. The minimum absolute atomic E-state index is 0.235. The first kappa shape index (κ1) is 17.8. The molecule has 10 heteroatoms. The molecule has 0 aliphatic carbocycles. The maximum absolute atomic E-state index is 12.8. The van der Waals surface area contributed by atoms with Gasteiger partial charge in [-0.1, -0.05) is 0 Å². The molecule has 0 amide bonds. The predicted octanol–water partition coefficient (Wildman–Crippen LogP) is 3.76. The number of halogens is 6. The second-order valence-corrected chi connectivity index (χ2v) is 5.84. The number of hydrogen-bond donors (Lipinski definition) is 0. The van der Waals surface area contributed by atoms with Crippen molar-refractivity contribution < 1.29 is 38.9 Å². The maximum atomic E-state index is 12.8. The number of alkyl halides is 6. The van der Waals surface area contributed by atoms with Crippen LogP contribution in [0.4, 0.5) is 26.3 Å². The molecule has 0 aromatic heterocycles. The molecule has 1 aromatic carbocycles. The van der Waals surface area contributed by atoms with Gasteiger partial charge >= 0.3 is 12.4 Å². The molecule has 1 rings (SSSR count). The van der Waals surface area contributed by atoms with E-state index in [1.807, 2.05) is 0 Å². The van der Waals surface area contributed by atoms with Crippen LogP contribution in [-0.2, 0) is 26.7 Å². The molecule has 0 spiro atoms. The van der Waals surface area contributed by atoms with E-state index >= 15 is 0 Å². The fraction of sp³-hybridized carbons (Fsp3) is 0.455. The van der Waals surface area contributed by atoms with E-state index in [4.69, 9.17) is 0 Å². The molecule has 0 radical (unpaired) electrons. The highest BCUT2D eigenvalue weighted by Gasteiger charge is 2.38. The summed E-state index contributed by atoms with van der Waals surface area (Å²) in [6.07, 6.45) is -10.9. The molecule has 0 heterocycles. The highest BCUT2D eigenvalue weighted by Crippen LogP contribution is 2.39. The van der Waals surface area contributed by atoms with Crippen LogP contribution in [0.3, 0.4) is 0 Å². The van der Waals surface area contributed by atoms with Crippen LogP contribution in [0.1, 0.15) is 29.7 Å². The van der Waals surface area contributed by atoms with Gasteiger partial charge in [-0.3, -0.25) is 4.18 Å². The SMILES string of the molecule is C[C@H](OS(C)(=O)=O)c1cc(C(F)(F)F)ccc1C(F)(F)F. The van der Waals surface area contributed by atoms with Crippen molar-refractivity contribution in [2.45, 2.75) is 25.4 Å². The molecule has 3 nitrogen and oxygen atoms in total. The first-order valence-electron chi connectivity index (χ1n) is 5.38. The topological polar surface area (TPSA) is 43.4 Å². The molecule has 0 N–H and O–H groups in total. The van der Waals surface area contributed by atoms with E-state index in [0.29, 0.717) is 6.26 Å². The largest absolute Gasteiger partial charge is 0.416 e. The molecule has 21 heavy (non-hydrogen) atoms. The lowest BCUT2D eigenvalue weighted by Gasteiger charge is -2.19. The van der Waals surface area contributed by atoms with Gasteiger partial charge in [0.2, 0.25) is 0 Å². The van der Waals surface area contributed by atoms with Gasteiger partial charge in [0.25, 0.3) is 10.1 Å². The molecule has 120 valence electrons. The van der Waals surface area contributed by atoms with E-state index in [-0.39, 0.29) is 18.2 Å². The van der Waals surface area contributed by atoms with E-state index in [2.05, 4.69) is 4.18 Å². The van der Waals surface area contributed by atoms with E-state index < -0.39 is 45.3 Å². The monoisotopic (exact) mass is 336 g/mol. The van der Waals surface area contributed by atoms with Gasteiger partial charge in [0, 0.05) is 0 Å². The molecule has 0 aliphatic heterocycles. The van der Waals surface area contributed by atoms with Crippen LogP contribution in [0, 0.1) is 0 Å². The van der Waals surface area contributed by atoms with E-state index in [0.717, 1.165) is 6.92 Å². The van der Waals surface area contributed by atoms with Crippen molar-refractivity contribution in [3.8, 4) is 0 Å². The van der Waals surface area contributed by atoms with Crippen LogP contribution in [0.15, 0.2) is 18.2 Å². The Morgan fingerprint density at radius 2 is 1.57 bits per heavy atom. The van der Waals surface area contributed by atoms with Gasteiger partial charge in [0.15, 0.2) is 0 Å². The Labute approximate surface area is 116 Å². The van der Waals surface area contributed by atoms with E-state index in [1.54, 1.807) is 0 Å². The van der Waals surface area contributed by atoms with Gasteiger partial charge in [0.05, 0.1) is 23.5 Å². The van der Waals surface area contributed by atoms with Crippen LogP contribution in [0.25, 0.3) is 0 Å². The predicted molar refractivity (Wildman–Crippen MR) is 60.8 cm³/mol. The minimum atomic E-state index is -4.94. The summed E-state index contributed by atoms with van der Waals surface area (Å²) >= 11 is 0. The summed E-state index contributed by atoms with van der Waals surface area (Å²) in [5.74, 6) is 0. The molecule has 0 saturated heterocycles. The van der Waals surface area contributed by atoms with Crippen LogP contribution in [0.5, 0.6) is 0 Å². The number of rotatable bonds is 3. The molecule has 0 unspecified atom stereocenters. The summed E-state index contributed by atoms with van der Waals surface area (Å²) in [6.45, 7) is 0.922. The van der Waals surface area contributed by atoms with Crippen molar-refractivity contribution >= 4 is 10.1 Å². The van der Waals surface area contributed by atoms with Gasteiger partial charge in [-0.2, -0.15) is 34.8 Å². The molecular formula is C11H10F6O3S. The van der Waals surface area contributed by atoms with E-state index in [9.17, 15) is 34.8 Å². The summed E-state index contributed by atoms with van der Waals surface area (Å²) < 4.78 is 102. The lowest BCUT2D eigenvalue weighted by atomic mass is 9.99. The summed E-state index contributed by atoms with van der Waals surface area (Å²) in [5.41, 5.74) is -3.61. The Bertz CT molecular complexity index is 618. The van der Waals surface area contributed by atoms with Crippen LogP contribution < -0.4 is 0 Å². The molecule has 1 aromatic rings. The van der Waals surface area contributed by atoms with Crippen molar-refractivity contribution in [2.24, 2.45) is 0 Å². The summed E-state index contributed by atoms with van der Waals surface area (Å²) in [7, 11) is -4.13. The van der Waals surface area contributed by atoms with Crippen LogP contribution in [-0.4, -0.2) is 14.7 Å². The first-order chi connectivity index (χ1) is 9.22. The van der Waals surface area contributed by atoms with Crippen molar-refractivity contribution in [1.82, 2.24) is 0 Å². The molecular weight excluding hydrogens is 326 g/mol. The zero-order valence-electron chi connectivity index (χ0n) is 10.7. The third kappa shape index (κ3) is 4.88. The summed E-state index contributed by atoms with van der Waals surface area (Å²) in [5, 5.41) is 0. The minimum Gasteiger partial charge on any atom is -0.262 e. The number of hydrogen-bond acceptors (Lipinski definition) is 3. The summed E-state index contributed by atoms with van der Waals surface area (Å²) in [6, 6.07) is 0.762.